The van der Waals surface area contributed by atoms with Crippen LogP contribution in [0.2, 0.25) is 0 Å². The van der Waals surface area contributed by atoms with E-state index in [-0.39, 0.29) is 6.42 Å². The van der Waals surface area contributed by atoms with E-state index < -0.39 is 11.8 Å². The number of hydrazone groups is 1. The Labute approximate surface area is 158 Å². The minimum absolute atomic E-state index is 0.330. The first-order valence-electron chi connectivity index (χ1n) is 8.68. The number of carbonyl (C=O) groups excluding carboxylic acids is 2. The Kier molecular flexibility index (Phi) is 7.84. The Bertz CT molecular complexity index is 788. The van der Waals surface area contributed by atoms with Gasteiger partial charge in [0.2, 0.25) is 11.8 Å². The number of benzene rings is 2. The molecule has 0 heterocycles. The highest BCUT2D eigenvalue weighted by molar-refractivity contribution is 6.03. The number of nitrogens with zero attached hydrogens (tertiary/aromatic N) is 1. The van der Waals surface area contributed by atoms with Gasteiger partial charge in [0.15, 0.2) is 0 Å². The summed E-state index contributed by atoms with van der Waals surface area (Å²) in [5.41, 5.74) is 3.70. The van der Waals surface area contributed by atoms with Crippen LogP contribution in [0.5, 0.6) is 11.5 Å². The molecule has 0 fully saturated rings. The summed E-state index contributed by atoms with van der Waals surface area (Å²) in [5.74, 6) is 0.513. The second kappa shape index (κ2) is 10.6. The number of nitrogens with one attached hydrogen (secondary N) is 2. The molecule has 0 bridgehead atoms. The maximum Gasteiger partial charge on any atom is 0.249 e. The Hall–Kier alpha value is -3.35. The van der Waals surface area contributed by atoms with Crippen LogP contribution in [0.4, 0.5) is 5.69 Å². The van der Waals surface area contributed by atoms with Crippen molar-refractivity contribution in [1.29, 1.82) is 0 Å². The van der Waals surface area contributed by atoms with Crippen LogP contribution in [-0.2, 0) is 9.59 Å². The molecule has 0 spiro atoms. The van der Waals surface area contributed by atoms with Gasteiger partial charge in [-0.2, -0.15) is 5.10 Å². The molecule has 0 aromatic heterocycles. The minimum atomic E-state index is -0.504. The fraction of sp³-hybridized carbons (Fsp3) is 0.250. The van der Waals surface area contributed by atoms with Crippen molar-refractivity contribution in [3.05, 3.63) is 54.1 Å². The number of hydrogen-bond acceptors (Lipinski definition) is 5. The second-order valence-electron chi connectivity index (χ2n) is 5.48. The maximum atomic E-state index is 11.9. The summed E-state index contributed by atoms with van der Waals surface area (Å²) in [6, 6.07) is 14.2. The summed E-state index contributed by atoms with van der Waals surface area (Å²) in [4.78, 5) is 23.7. The molecule has 2 amide bonds. The summed E-state index contributed by atoms with van der Waals surface area (Å²) < 4.78 is 10.7. The van der Waals surface area contributed by atoms with Gasteiger partial charge in [0.1, 0.15) is 17.9 Å². The molecular weight excluding hydrogens is 346 g/mol. The number of carbonyl (C=O) groups is 2. The van der Waals surface area contributed by atoms with Gasteiger partial charge in [-0.15, -0.1) is 0 Å². The first-order valence-corrected chi connectivity index (χ1v) is 8.68. The van der Waals surface area contributed by atoms with E-state index in [1.165, 1.54) is 6.21 Å². The Balaban J connectivity index is 1.79. The molecular formula is C20H23N3O4. The van der Waals surface area contributed by atoms with Crippen molar-refractivity contribution in [2.75, 3.05) is 18.5 Å². The lowest BCUT2D eigenvalue weighted by atomic mass is 10.2. The smallest absolute Gasteiger partial charge is 0.249 e. The highest BCUT2D eigenvalue weighted by Gasteiger charge is 2.09. The Morgan fingerprint density at radius 3 is 2.37 bits per heavy atom. The molecule has 27 heavy (non-hydrogen) atoms. The molecule has 2 aromatic rings. The molecule has 0 saturated heterocycles. The lowest BCUT2D eigenvalue weighted by molar-refractivity contribution is -0.126. The van der Waals surface area contributed by atoms with Gasteiger partial charge in [-0.25, -0.2) is 5.43 Å². The van der Waals surface area contributed by atoms with Crippen molar-refractivity contribution in [2.45, 2.75) is 20.3 Å². The van der Waals surface area contributed by atoms with Crippen LogP contribution < -0.4 is 20.2 Å². The number of rotatable bonds is 9. The molecule has 0 radical (unpaired) electrons. The standard InChI is InChI=1S/C20H23N3O4/c1-3-26-17-10-8-16(9-11-17)22-19(24)13-20(25)23-21-14-15-6-5-7-18(12-15)27-4-2/h5-12,14H,3-4,13H2,1-2H3,(H,22,24)(H,23,25). The average molecular weight is 369 g/mol. The Morgan fingerprint density at radius 2 is 1.67 bits per heavy atom. The lowest BCUT2D eigenvalue weighted by Crippen LogP contribution is -2.24. The van der Waals surface area contributed by atoms with E-state index in [4.69, 9.17) is 9.47 Å². The van der Waals surface area contributed by atoms with Gasteiger partial charge >= 0.3 is 0 Å². The molecule has 142 valence electrons. The van der Waals surface area contributed by atoms with E-state index >= 15 is 0 Å². The summed E-state index contributed by atoms with van der Waals surface area (Å²) in [7, 11) is 0. The predicted molar refractivity (Wildman–Crippen MR) is 104 cm³/mol. The minimum Gasteiger partial charge on any atom is -0.494 e. The number of ether oxygens (including phenoxy) is 2. The van der Waals surface area contributed by atoms with E-state index in [0.29, 0.717) is 18.9 Å². The third kappa shape index (κ3) is 7.19. The average Bonchev–Trinajstić information content (AvgIpc) is 2.64. The van der Waals surface area contributed by atoms with E-state index in [2.05, 4.69) is 15.8 Å². The highest BCUT2D eigenvalue weighted by Crippen LogP contribution is 2.15. The normalized spacial score (nSPS) is 10.4. The highest BCUT2D eigenvalue weighted by atomic mass is 16.5. The zero-order chi connectivity index (χ0) is 19.5. The van der Waals surface area contributed by atoms with Crippen LogP contribution >= 0.6 is 0 Å². The van der Waals surface area contributed by atoms with Crippen molar-refractivity contribution in [3.63, 3.8) is 0 Å². The second-order valence-corrected chi connectivity index (χ2v) is 5.48. The van der Waals surface area contributed by atoms with Crippen molar-refractivity contribution < 1.29 is 19.1 Å². The third-order valence-corrected chi connectivity index (χ3v) is 3.34. The topological polar surface area (TPSA) is 89.0 Å². The monoisotopic (exact) mass is 369 g/mol. The number of anilines is 1. The van der Waals surface area contributed by atoms with Gasteiger partial charge < -0.3 is 14.8 Å². The first kappa shape index (κ1) is 20.0. The summed E-state index contributed by atoms with van der Waals surface area (Å²) in [6.45, 7) is 4.94. The van der Waals surface area contributed by atoms with Crippen LogP contribution in [0.15, 0.2) is 53.6 Å². The van der Waals surface area contributed by atoms with Gasteiger partial charge in [-0.3, -0.25) is 9.59 Å². The molecule has 7 nitrogen and oxygen atoms in total. The molecule has 2 aromatic carbocycles. The Morgan fingerprint density at radius 1 is 0.963 bits per heavy atom. The zero-order valence-electron chi connectivity index (χ0n) is 15.4. The van der Waals surface area contributed by atoms with Crippen molar-refractivity contribution in [3.8, 4) is 11.5 Å². The molecule has 2 rings (SSSR count). The van der Waals surface area contributed by atoms with Crippen LogP contribution in [-0.4, -0.2) is 31.2 Å². The van der Waals surface area contributed by atoms with Crippen LogP contribution in [0.25, 0.3) is 0 Å². The van der Waals surface area contributed by atoms with E-state index in [9.17, 15) is 9.59 Å². The van der Waals surface area contributed by atoms with E-state index in [1.807, 2.05) is 32.0 Å². The van der Waals surface area contributed by atoms with Crippen molar-refractivity contribution in [2.24, 2.45) is 5.10 Å². The van der Waals surface area contributed by atoms with Gasteiger partial charge in [-0.05, 0) is 55.8 Å². The molecule has 2 N–H and O–H groups in total. The summed E-state index contributed by atoms with van der Waals surface area (Å²) in [5, 5.41) is 6.51. The van der Waals surface area contributed by atoms with Crippen LogP contribution in [0.1, 0.15) is 25.8 Å². The van der Waals surface area contributed by atoms with Crippen LogP contribution in [0.3, 0.4) is 0 Å². The molecule has 0 aliphatic carbocycles. The molecule has 0 saturated carbocycles. The molecule has 0 aliphatic heterocycles. The third-order valence-electron chi connectivity index (χ3n) is 3.34. The van der Waals surface area contributed by atoms with Gasteiger partial charge in [0, 0.05) is 5.69 Å². The number of amides is 2. The zero-order valence-corrected chi connectivity index (χ0v) is 15.4. The predicted octanol–water partition coefficient (Wildman–Crippen LogP) is 2.96. The van der Waals surface area contributed by atoms with Crippen molar-refractivity contribution in [1.82, 2.24) is 5.43 Å². The van der Waals surface area contributed by atoms with Gasteiger partial charge in [-0.1, -0.05) is 12.1 Å². The number of hydrogen-bond donors (Lipinski definition) is 2. The first-order chi connectivity index (χ1) is 13.1. The largest absolute Gasteiger partial charge is 0.494 e. The molecule has 0 atom stereocenters. The fourth-order valence-corrected chi connectivity index (χ4v) is 2.22. The quantitative estimate of drug-likeness (QED) is 0.404. The molecule has 0 aliphatic rings. The van der Waals surface area contributed by atoms with E-state index in [1.54, 1.807) is 30.3 Å². The van der Waals surface area contributed by atoms with E-state index in [0.717, 1.165) is 17.1 Å². The summed E-state index contributed by atoms with van der Waals surface area (Å²) >= 11 is 0. The van der Waals surface area contributed by atoms with Gasteiger partial charge in [0.25, 0.3) is 0 Å². The van der Waals surface area contributed by atoms with Crippen molar-refractivity contribution >= 4 is 23.7 Å². The SMILES string of the molecule is CCOc1ccc(NC(=O)CC(=O)NN=Cc2cccc(OCC)c2)cc1. The molecule has 0 unspecified atom stereocenters. The lowest BCUT2D eigenvalue weighted by Gasteiger charge is -2.06. The molecule has 7 heteroatoms. The fourth-order valence-electron chi connectivity index (χ4n) is 2.22. The van der Waals surface area contributed by atoms with Crippen LogP contribution in [0, 0.1) is 0 Å². The summed E-state index contributed by atoms with van der Waals surface area (Å²) in [6.07, 6.45) is 1.16. The van der Waals surface area contributed by atoms with Gasteiger partial charge in [0.05, 0.1) is 19.4 Å². The maximum absolute atomic E-state index is 11.9.